The zero-order valence-corrected chi connectivity index (χ0v) is 9.88. The Morgan fingerprint density at radius 1 is 1.36 bits per heavy atom. The smallest absolute Gasteiger partial charge is 0.0590 e. The minimum Gasteiger partial charge on any atom is -0.378 e. The number of hydrogen-bond donors (Lipinski definition) is 1. The van der Waals surface area contributed by atoms with Crippen molar-refractivity contribution < 1.29 is 4.74 Å². The molecule has 1 aliphatic rings. The van der Waals surface area contributed by atoms with Gasteiger partial charge < -0.3 is 10.1 Å². The highest BCUT2D eigenvalue weighted by Gasteiger charge is 2.30. The van der Waals surface area contributed by atoms with Crippen LogP contribution in [0.2, 0.25) is 0 Å². The van der Waals surface area contributed by atoms with E-state index in [0.29, 0.717) is 12.1 Å². The van der Waals surface area contributed by atoms with Crippen LogP contribution in [0.5, 0.6) is 0 Å². The maximum Gasteiger partial charge on any atom is 0.0590 e. The van der Waals surface area contributed by atoms with Crippen molar-refractivity contribution in [1.82, 2.24) is 5.32 Å². The van der Waals surface area contributed by atoms with Gasteiger partial charge in [0, 0.05) is 18.6 Å². The Balaban J connectivity index is 2.39. The van der Waals surface area contributed by atoms with E-state index < -0.39 is 0 Å². The molecule has 0 aromatic carbocycles. The van der Waals surface area contributed by atoms with E-state index in [9.17, 15) is 0 Å². The highest BCUT2D eigenvalue weighted by atomic mass is 16.5. The van der Waals surface area contributed by atoms with Crippen LogP contribution in [0.1, 0.15) is 46.5 Å². The van der Waals surface area contributed by atoms with Gasteiger partial charge in [0.05, 0.1) is 6.10 Å². The van der Waals surface area contributed by atoms with E-state index in [1.165, 1.54) is 25.7 Å². The van der Waals surface area contributed by atoms with Crippen LogP contribution in [0, 0.1) is 5.92 Å². The minimum atomic E-state index is 0.455. The Morgan fingerprint density at radius 2 is 2.14 bits per heavy atom. The largest absolute Gasteiger partial charge is 0.378 e. The fourth-order valence-corrected chi connectivity index (χ4v) is 2.38. The van der Waals surface area contributed by atoms with Gasteiger partial charge in [0.1, 0.15) is 0 Å². The summed E-state index contributed by atoms with van der Waals surface area (Å²) in [5, 5.41) is 3.66. The molecule has 0 radical (unpaired) electrons. The van der Waals surface area contributed by atoms with E-state index in [1.54, 1.807) is 0 Å². The van der Waals surface area contributed by atoms with Crippen LogP contribution in [0.15, 0.2) is 0 Å². The summed E-state index contributed by atoms with van der Waals surface area (Å²) >= 11 is 0. The third-order valence-electron chi connectivity index (χ3n) is 3.21. The Morgan fingerprint density at radius 3 is 2.64 bits per heavy atom. The predicted molar refractivity (Wildman–Crippen MR) is 60.5 cm³/mol. The zero-order valence-electron chi connectivity index (χ0n) is 9.88. The van der Waals surface area contributed by atoms with Crippen molar-refractivity contribution in [2.45, 2.75) is 58.6 Å². The lowest BCUT2D eigenvalue weighted by Gasteiger charge is -2.26. The molecule has 1 N–H and O–H groups in total. The summed E-state index contributed by atoms with van der Waals surface area (Å²) in [7, 11) is 0. The van der Waals surface area contributed by atoms with E-state index in [4.69, 9.17) is 4.74 Å². The average molecular weight is 199 g/mol. The molecule has 0 bridgehead atoms. The second-order valence-corrected chi connectivity index (χ2v) is 4.38. The molecule has 84 valence electrons. The summed E-state index contributed by atoms with van der Waals surface area (Å²) in [4.78, 5) is 0. The molecule has 2 nitrogen and oxygen atoms in total. The van der Waals surface area contributed by atoms with Crippen LogP contribution < -0.4 is 5.32 Å². The minimum absolute atomic E-state index is 0.455. The Labute approximate surface area is 88.4 Å². The molecule has 1 fully saturated rings. The predicted octanol–water partition coefficient (Wildman–Crippen LogP) is 2.58. The molecule has 0 aromatic rings. The number of hydrogen-bond acceptors (Lipinski definition) is 2. The summed E-state index contributed by atoms with van der Waals surface area (Å²) in [5.74, 6) is 0.737. The van der Waals surface area contributed by atoms with Gasteiger partial charge in [-0.15, -0.1) is 0 Å². The first-order valence-corrected chi connectivity index (χ1v) is 6.14. The lowest BCUT2D eigenvalue weighted by atomic mass is 9.90. The van der Waals surface area contributed by atoms with Gasteiger partial charge in [-0.1, -0.05) is 20.3 Å². The lowest BCUT2D eigenvalue weighted by Crippen LogP contribution is -2.39. The van der Waals surface area contributed by atoms with Crippen molar-refractivity contribution in [3.63, 3.8) is 0 Å². The lowest BCUT2D eigenvalue weighted by molar-refractivity contribution is 0.0942. The first-order valence-electron chi connectivity index (χ1n) is 6.14. The van der Waals surface area contributed by atoms with Crippen LogP contribution in [-0.4, -0.2) is 25.3 Å². The van der Waals surface area contributed by atoms with Gasteiger partial charge in [-0.2, -0.15) is 0 Å². The summed E-state index contributed by atoms with van der Waals surface area (Å²) in [6.45, 7) is 8.81. The van der Waals surface area contributed by atoms with Gasteiger partial charge in [-0.05, 0) is 32.7 Å². The normalized spacial score (nSPS) is 29.4. The molecule has 1 saturated heterocycles. The van der Waals surface area contributed by atoms with Crippen molar-refractivity contribution in [2.75, 3.05) is 13.2 Å². The third kappa shape index (κ3) is 3.25. The van der Waals surface area contributed by atoms with Gasteiger partial charge in [0.2, 0.25) is 0 Å². The quantitative estimate of drug-likeness (QED) is 0.710. The van der Waals surface area contributed by atoms with Crippen LogP contribution >= 0.6 is 0 Å². The first kappa shape index (κ1) is 12.0. The molecule has 0 spiro atoms. The highest BCUT2D eigenvalue weighted by molar-refractivity contribution is 4.83. The zero-order chi connectivity index (χ0) is 10.4. The topological polar surface area (TPSA) is 21.3 Å². The van der Waals surface area contributed by atoms with Crippen molar-refractivity contribution in [1.29, 1.82) is 0 Å². The van der Waals surface area contributed by atoms with Crippen LogP contribution in [-0.2, 0) is 4.74 Å². The molecule has 1 aliphatic heterocycles. The summed E-state index contributed by atoms with van der Waals surface area (Å²) in [5.41, 5.74) is 0. The molecule has 1 rings (SSSR count). The Bertz CT molecular complexity index is 149. The summed E-state index contributed by atoms with van der Waals surface area (Å²) in [6, 6.07) is 0.678. The van der Waals surface area contributed by atoms with E-state index in [2.05, 4.69) is 26.1 Å². The van der Waals surface area contributed by atoms with Crippen LogP contribution in [0.4, 0.5) is 0 Å². The molecule has 2 heteroatoms. The second-order valence-electron chi connectivity index (χ2n) is 4.38. The van der Waals surface area contributed by atoms with Crippen molar-refractivity contribution in [2.24, 2.45) is 5.92 Å². The van der Waals surface area contributed by atoms with Crippen molar-refractivity contribution >= 4 is 0 Å². The molecule has 0 aromatic heterocycles. The monoisotopic (exact) mass is 199 g/mol. The number of ether oxygens (including phenoxy) is 1. The standard InChI is InChI=1S/C12H25NO/c1-4-6-12(13-8-5-2)11-7-9-14-10(11)3/h10-13H,4-9H2,1-3H3. The molecule has 0 aliphatic carbocycles. The SMILES string of the molecule is CCCNC(CCC)C1CCOC1C. The molecule has 0 amide bonds. The summed E-state index contributed by atoms with van der Waals surface area (Å²) in [6.07, 6.45) is 5.48. The van der Waals surface area contributed by atoms with E-state index in [0.717, 1.165) is 19.1 Å². The second kappa shape index (κ2) is 6.41. The first-order chi connectivity index (χ1) is 6.79. The fraction of sp³-hybridized carbons (Fsp3) is 1.00. The van der Waals surface area contributed by atoms with Gasteiger partial charge >= 0.3 is 0 Å². The van der Waals surface area contributed by atoms with E-state index >= 15 is 0 Å². The Hall–Kier alpha value is -0.0800. The van der Waals surface area contributed by atoms with Gasteiger partial charge in [-0.25, -0.2) is 0 Å². The molecular weight excluding hydrogens is 174 g/mol. The molecular formula is C12H25NO. The van der Waals surface area contributed by atoms with E-state index in [1.807, 2.05) is 0 Å². The molecule has 3 unspecified atom stereocenters. The molecule has 0 saturated carbocycles. The fourth-order valence-electron chi connectivity index (χ4n) is 2.38. The molecule has 14 heavy (non-hydrogen) atoms. The number of rotatable bonds is 6. The van der Waals surface area contributed by atoms with Crippen LogP contribution in [0.25, 0.3) is 0 Å². The van der Waals surface area contributed by atoms with Crippen molar-refractivity contribution in [3.05, 3.63) is 0 Å². The maximum atomic E-state index is 5.63. The number of nitrogens with one attached hydrogen (secondary N) is 1. The Kier molecular flexibility index (Phi) is 5.49. The van der Waals surface area contributed by atoms with E-state index in [-0.39, 0.29) is 0 Å². The van der Waals surface area contributed by atoms with Gasteiger partial charge in [0.25, 0.3) is 0 Å². The highest BCUT2D eigenvalue weighted by Crippen LogP contribution is 2.26. The average Bonchev–Trinajstić information content (AvgIpc) is 2.59. The third-order valence-corrected chi connectivity index (χ3v) is 3.21. The van der Waals surface area contributed by atoms with Gasteiger partial charge in [-0.3, -0.25) is 0 Å². The summed E-state index contributed by atoms with van der Waals surface area (Å²) < 4.78 is 5.63. The van der Waals surface area contributed by atoms with Gasteiger partial charge in [0.15, 0.2) is 0 Å². The van der Waals surface area contributed by atoms with Crippen LogP contribution in [0.3, 0.4) is 0 Å². The molecule has 3 atom stereocenters. The maximum absolute atomic E-state index is 5.63. The van der Waals surface area contributed by atoms with Crippen molar-refractivity contribution in [3.8, 4) is 0 Å². The molecule has 1 heterocycles.